The zero-order valence-electron chi connectivity index (χ0n) is 28.3. The first-order chi connectivity index (χ1) is 17.2. The van der Waals surface area contributed by atoms with Crippen LogP contribution in [0.4, 0.5) is 0 Å². The van der Waals surface area contributed by atoms with Crippen LogP contribution in [0, 0.1) is 32.5 Å². The predicted molar refractivity (Wildman–Crippen MR) is 181 cm³/mol. The van der Waals surface area contributed by atoms with E-state index in [1.807, 2.05) is 18.2 Å². The molecule has 0 saturated carbocycles. The second kappa shape index (κ2) is 12.6. The first-order valence-electron chi connectivity index (χ1n) is 14.1. The average Bonchev–Trinajstić information content (AvgIpc) is 2.63. The molecule has 0 aliphatic carbocycles. The van der Waals surface area contributed by atoms with E-state index in [0.717, 1.165) is 25.3 Å². The molecule has 0 unspecified atom stereocenters. The summed E-state index contributed by atoms with van der Waals surface area (Å²) in [6.07, 6.45) is 0. The largest absolute Gasteiger partial charge is 0.435 e. The van der Waals surface area contributed by atoms with Crippen LogP contribution in [0.5, 0.6) is 17.2 Å². The maximum Gasteiger partial charge on any atom is 0.217 e. The summed E-state index contributed by atoms with van der Waals surface area (Å²) in [4.78, 5) is 0. The van der Waals surface area contributed by atoms with Crippen LogP contribution in [-0.4, -0.2) is 15.9 Å². The SMILES string of the molecule is CC(C)(C)C(=POc1cccc(OP=C(C(C)(C)C)C(C)(C)C)c1OP=C(C(C)(C)C)C(C)(C)C)C(C)(C)C. The van der Waals surface area contributed by atoms with Crippen molar-refractivity contribution in [3.05, 3.63) is 18.2 Å². The van der Waals surface area contributed by atoms with Crippen molar-refractivity contribution in [1.82, 2.24) is 0 Å². The number of benzene rings is 1. The van der Waals surface area contributed by atoms with Gasteiger partial charge >= 0.3 is 0 Å². The summed E-state index contributed by atoms with van der Waals surface area (Å²) in [6.45, 7) is 40.5. The summed E-state index contributed by atoms with van der Waals surface area (Å²) < 4.78 is 19.7. The molecule has 0 fully saturated rings. The summed E-state index contributed by atoms with van der Waals surface area (Å²) in [5, 5.41) is 3.98. The average molecular weight is 595 g/mol. The van der Waals surface area contributed by atoms with Crippen LogP contribution < -0.4 is 13.6 Å². The van der Waals surface area contributed by atoms with Crippen LogP contribution in [-0.2, 0) is 0 Å². The summed E-state index contributed by atoms with van der Waals surface area (Å²) in [5.41, 5.74) is 0.0178. The normalized spacial score (nSPS) is 14.0. The Morgan fingerprint density at radius 1 is 0.410 bits per heavy atom. The summed E-state index contributed by atoms with van der Waals surface area (Å²) >= 11 is 0. The predicted octanol–water partition coefficient (Wildman–Crippen LogP) is 12.2. The van der Waals surface area contributed by atoms with Gasteiger partial charge < -0.3 is 13.6 Å². The van der Waals surface area contributed by atoms with Gasteiger partial charge in [0.1, 0.15) is 25.3 Å². The van der Waals surface area contributed by atoms with Crippen molar-refractivity contribution < 1.29 is 13.6 Å². The molecule has 0 aliphatic rings. The first-order valence-corrected chi connectivity index (χ1v) is 16.5. The fourth-order valence-corrected chi connectivity index (χ4v) is 7.88. The first kappa shape index (κ1) is 36.2. The zero-order chi connectivity index (χ0) is 30.8. The van der Waals surface area contributed by atoms with Crippen LogP contribution in [0.25, 0.3) is 0 Å². The summed E-state index contributed by atoms with van der Waals surface area (Å²) in [5.74, 6) is 2.07. The van der Waals surface area contributed by atoms with Crippen LogP contribution in [0.2, 0.25) is 0 Å². The van der Waals surface area contributed by atoms with Gasteiger partial charge in [0.25, 0.3) is 0 Å². The second-order valence-corrected chi connectivity index (χ2v) is 19.1. The van der Waals surface area contributed by atoms with Crippen LogP contribution in [0.15, 0.2) is 18.2 Å². The molecule has 1 aromatic carbocycles. The van der Waals surface area contributed by atoms with Gasteiger partial charge in [-0.15, -0.1) is 0 Å². The van der Waals surface area contributed by atoms with Crippen LogP contribution in [0.1, 0.15) is 125 Å². The lowest BCUT2D eigenvalue weighted by molar-refractivity contribution is 0.481. The van der Waals surface area contributed by atoms with Crippen LogP contribution in [0.3, 0.4) is 0 Å². The lowest BCUT2D eigenvalue weighted by Gasteiger charge is -2.33. The number of para-hydroxylation sites is 1. The minimum absolute atomic E-state index is 0.00798. The van der Waals surface area contributed by atoms with Crippen molar-refractivity contribution in [2.75, 3.05) is 0 Å². The maximum atomic E-state index is 6.65. The molecule has 0 atom stereocenters. The fraction of sp³-hybridized carbons (Fsp3) is 0.727. The monoisotopic (exact) mass is 594 g/mol. The molecule has 0 aliphatic heterocycles. The van der Waals surface area contributed by atoms with Crippen molar-refractivity contribution in [1.29, 1.82) is 0 Å². The van der Waals surface area contributed by atoms with Gasteiger partial charge in [0.05, 0.1) is 0 Å². The maximum absolute atomic E-state index is 6.65. The molecule has 3 nitrogen and oxygen atoms in total. The van der Waals surface area contributed by atoms with Crippen molar-refractivity contribution in [3.63, 3.8) is 0 Å². The van der Waals surface area contributed by atoms with Gasteiger partial charge in [-0.2, -0.15) is 0 Å². The third-order valence-corrected chi connectivity index (χ3v) is 11.3. The molecule has 0 heterocycles. The van der Waals surface area contributed by atoms with Gasteiger partial charge in [-0.1, -0.05) is 131 Å². The Hall–Kier alpha value is -0.870. The van der Waals surface area contributed by atoms with Crippen molar-refractivity contribution >= 4 is 41.2 Å². The third-order valence-electron chi connectivity index (χ3n) is 5.90. The highest BCUT2D eigenvalue weighted by molar-refractivity contribution is 7.37. The van der Waals surface area contributed by atoms with Gasteiger partial charge in [-0.05, 0) is 44.6 Å². The van der Waals surface area contributed by atoms with E-state index in [0.29, 0.717) is 17.2 Å². The molecule has 6 heteroatoms. The van der Waals surface area contributed by atoms with E-state index in [4.69, 9.17) is 13.6 Å². The Labute approximate surface area is 246 Å². The van der Waals surface area contributed by atoms with E-state index in [9.17, 15) is 0 Å². The molecule has 0 bridgehead atoms. The Bertz CT molecular complexity index is 960. The molecule has 222 valence electrons. The van der Waals surface area contributed by atoms with Gasteiger partial charge in [0, 0.05) is 15.9 Å². The van der Waals surface area contributed by atoms with Gasteiger partial charge in [-0.3, -0.25) is 0 Å². The molecule has 1 rings (SSSR count). The topological polar surface area (TPSA) is 27.7 Å². The molecule has 0 N–H and O–H groups in total. The highest BCUT2D eigenvalue weighted by Gasteiger charge is 2.32. The van der Waals surface area contributed by atoms with Gasteiger partial charge in [0.15, 0.2) is 11.5 Å². The molecule has 39 heavy (non-hydrogen) atoms. The Balaban J connectivity index is 3.83. The quantitative estimate of drug-likeness (QED) is 0.307. The highest BCUT2D eigenvalue weighted by Crippen LogP contribution is 2.46. The number of hydrogen-bond donors (Lipinski definition) is 0. The number of rotatable bonds is 6. The van der Waals surface area contributed by atoms with Crippen molar-refractivity contribution in [2.24, 2.45) is 32.5 Å². The van der Waals surface area contributed by atoms with Crippen molar-refractivity contribution in [2.45, 2.75) is 125 Å². The zero-order valence-corrected chi connectivity index (χ0v) is 31.0. The van der Waals surface area contributed by atoms with E-state index in [-0.39, 0.29) is 32.5 Å². The van der Waals surface area contributed by atoms with Crippen LogP contribution >= 0.6 is 25.3 Å². The Morgan fingerprint density at radius 3 is 0.872 bits per heavy atom. The molecule has 0 radical (unpaired) electrons. The second-order valence-electron chi connectivity index (χ2n) is 16.7. The lowest BCUT2D eigenvalue weighted by Crippen LogP contribution is -2.31. The molecule has 0 spiro atoms. The molecule has 0 saturated heterocycles. The fourth-order valence-electron chi connectivity index (χ4n) is 5.21. The van der Waals surface area contributed by atoms with E-state index in [2.05, 4.69) is 125 Å². The number of hydrogen-bond acceptors (Lipinski definition) is 3. The summed E-state index contributed by atoms with van der Waals surface area (Å²) in [7, 11) is 2.49. The Morgan fingerprint density at radius 2 is 0.641 bits per heavy atom. The van der Waals surface area contributed by atoms with Gasteiger partial charge in [-0.25, -0.2) is 0 Å². The smallest absolute Gasteiger partial charge is 0.217 e. The van der Waals surface area contributed by atoms with E-state index < -0.39 is 0 Å². The molecular weight excluding hydrogens is 537 g/mol. The Kier molecular flexibility index (Phi) is 11.6. The summed E-state index contributed by atoms with van der Waals surface area (Å²) in [6, 6.07) is 5.99. The van der Waals surface area contributed by atoms with Crippen molar-refractivity contribution in [3.8, 4) is 17.2 Å². The highest BCUT2D eigenvalue weighted by atomic mass is 31.1. The van der Waals surface area contributed by atoms with E-state index in [1.54, 1.807) is 0 Å². The molecule has 0 amide bonds. The van der Waals surface area contributed by atoms with E-state index in [1.165, 1.54) is 15.9 Å². The molecule has 1 aromatic rings. The molecule has 0 aromatic heterocycles. The third kappa shape index (κ3) is 11.1. The standard InChI is InChI=1S/C33H57O3P3/c1-28(2,3)25(29(4,5)6)37-34-22-20-19-21-23(35-38-26(30(7,8)9)31(10,11)12)24(22)36-39-27(32(13,14)15)33(16,17)18/h19-21H,1-18H3. The van der Waals surface area contributed by atoms with E-state index >= 15 is 0 Å². The van der Waals surface area contributed by atoms with Gasteiger partial charge in [0.2, 0.25) is 5.75 Å². The lowest BCUT2D eigenvalue weighted by atomic mass is 9.77. The minimum Gasteiger partial charge on any atom is -0.435 e. The molecular formula is C33H57O3P3. The minimum atomic E-state index is -0.00798.